The Morgan fingerprint density at radius 1 is 1.38 bits per heavy atom. The van der Waals surface area contributed by atoms with Crippen molar-refractivity contribution in [1.82, 2.24) is 4.57 Å². The highest BCUT2D eigenvalue weighted by atomic mass is 16.2. The van der Waals surface area contributed by atoms with Gasteiger partial charge in [-0.05, 0) is 43.7 Å². The van der Waals surface area contributed by atoms with E-state index in [1.165, 1.54) is 0 Å². The Morgan fingerprint density at radius 2 is 2.19 bits per heavy atom. The molecule has 2 aromatic rings. The molecule has 0 fully saturated rings. The van der Waals surface area contributed by atoms with Gasteiger partial charge in [0.2, 0.25) is 0 Å². The van der Waals surface area contributed by atoms with Crippen LogP contribution in [-0.2, 0) is 6.54 Å². The summed E-state index contributed by atoms with van der Waals surface area (Å²) in [7, 11) is 0. The van der Waals surface area contributed by atoms with Crippen molar-refractivity contribution in [3.8, 4) is 11.8 Å². The molecule has 0 radical (unpaired) electrons. The van der Waals surface area contributed by atoms with Gasteiger partial charge >= 0.3 is 0 Å². The van der Waals surface area contributed by atoms with Gasteiger partial charge in [-0.1, -0.05) is 17.9 Å². The Kier molecular flexibility index (Phi) is 4.81. The highest BCUT2D eigenvalue weighted by Gasteiger charge is 2.11. The molecular weight excluding hydrogens is 264 g/mol. The van der Waals surface area contributed by atoms with Crippen molar-refractivity contribution in [3.63, 3.8) is 0 Å². The molecule has 0 bridgehead atoms. The third-order valence-electron chi connectivity index (χ3n) is 3.20. The molecule has 1 aromatic carbocycles. The summed E-state index contributed by atoms with van der Waals surface area (Å²) in [4.78, 5) is 12.3. The van der Waals surface area contributed by atoms with Crippen LogP contribution < -0.4 is 5.32 Å². The summed E-state index contributed by atoms with van der Waals surface area (Å²) in [6, 6.07) is 9.23. The van der Waals surface area contributed by atoms with Crippen LogP contribution in [0.3, 0.4) is 0 Å². The first-order valence-electron chi connectivity index (χ1n) is 6.82. The zero-order valence-electron chi connectivity index (χ0n) is 12.2. The summed E-state index contributed by atoms with van der Waals surface area (Å²) in [6.07, 6.45) is 1.88. The number of aliphatic hydroxyl groups is 1. The molecule has 4 heteroatoms. The van der Waals surface area contributed by atoms with E-state index in [1.54, 1.807) is 6.07 Å². The predicted octanol–water partition coefficient (Wildman–Crippen LogP) is 2.41. The Morgan fingerprint density at radius 3 is 2.90 bits per heavy atom. The number of aliphatic hydroxyl groups excluding tert-OH is 1. The van der Waals surface area contributed by atoms with Crippen LogP contribution in [0.4, 0.5) is 5.69 Å². The second kappa shape index (κ2) is 6.78. The SMILES string of the molecule is CCn1cccc1C(=O)Nc1cc(C#CCO)ccc1C. The van der Waals surface area contributed by atoms with Gasteiger partial charge in [0.05, 0.1) is 0 Å². The van der Waals surface area contributed by atoms with Crippen molar-refractivity contribution in [2.45, 2.75) is 20.4 Å². The maximum absolute atomic E-state index is 12.3. The van der Waals surface area contributed by atoms with Crippen LogP contribution in [0.15, 0.2) is 36.5 Å². The lowest BCUT2D eigenvalue weighted by Crippen LogP contribution is -2.17. The molecule has 1 amide bonds. The van der Waals surface area contributed by atoms with E-state index in [0.29, 0.717) is 5.69 Å². The van der Waals surface area contributed by atoms with E-state index in [2.05, 4.69) is 17.2 Å². The standard InChI is InChI=1S/C17H18N2O2/c1-3-19-10-4-7-16(19)17(21)18-15-12-14(6-5-11-20)9-8-13(15)2/h4,7-10,12,20H,3,11H2,1-2H3,(H,18,21). The molecule has 0 saturated carbocycles. The van der Waals surface area contributed by atoms with Crippen molar-refractivity contribution in [2.75, 3.05) is 11.9 Å². The van der Waals surface area contributed by atoms with Crippen LogP contribution >= 0.6 is 0 Å². The minimum Gasteiger partial charge on any atom is -0.384 e. The zero-order chi connectivity index (χ0) is 15.2. The fourth-order valence-electron chi connectivity index (χ4n) is 2.06. The molecule has 1 heterocycles. The largest absolute Gasteiger partial charge is 0.384 e. The number of benzene rings is 1. The Balaban J connectivity index is 2.24. The van der Waals surface area contributed by atoms with E-state index in [0.717, 1.165) is 23.4 Å². The third-order valence-corrected chi connectivity index (χ3v) is 3.20. The van der Waals surface area contributed by atoms with Gasteiger partial charge in [0.25, 0.3) is 5.91 Å². The molecule has 4 nitrogen and oxygen atoms in total. The highest BCUT2D eigenvalue weighted by Crippen LogP contribution is 2.17. The molecule has 108 valence electrons. The van der Waals surface area contributed by atoms with Crippen molar-refractivity contribution >= 4 is 11.6 Å². The van der Waals surface area contributed by atoms with E-state index in [1.807, 2.05) is 48.9 Å². The number of rotatable bonds is 3. The molecule has 0 unspecified atom stereocenters. The summed E-state index contributed by atoms with van der Waals surface area (Å²) in [5, 5.41) is 11.6. The first-order valence-corrected chi connectivity index (χ1v) is 6.82. The topological polar surface area (TPSA) is 54.3 Å². The van der Waals surface area contributed by atoms with E-state index < -0.39 is 0 Å². The summed E-state index contributed by atoms with van der Waals surface area (Å²) >= 11 is 0. The number of aryl methyl sites for hydroxylation is 2. The van der Waals surface area contributed by atoms with E-state index in [9.17, 15) is 4.79 Å². The van der Waals surface area contributed by atoms with Gasteiger partial charge in [0.15, 0.2) is 0 Å². The van der Waals surface area contributed by atoms with E-state index in [-0.39, 0.29) is 12.5 Å². The maximum atomic E-state index is 12.3. The number of hydrogen-bond donors (Lipinski definition) is 2. The van der Waals surface area contributed by atoms with Gasteiger partial charge in [-0.2, -0.15) is 0 Å². The molecule has 0 atom stereocenters. The van der Waals surface area contributed by atoms with Crippen molar-refractivity contribution in [2.24, 2.45) is 0 Å². The fourth-order valence-corrected chi connectivity index (χ4v) is 2.06. The lowest BCUT2D eigenvalue weighted by Gasteiger charge is -2.10. The van der Waals surface area contributed by atoms with Gasteiger partial charge in [-0.15, -0.1) is 0 Å². The van der Waals surface area contributed by atoms with Crippen molar-refractivity contribution in [3.05, 3.63) is 53.3 Å². The number of carbonyl (C=O) groups is 1. The Bertz CT molecular complexity index is 705. The quantitative estimate of drug-likeness (QED) is 0.849. The summed E-state index contributed by atoms with van der Waals surface area (Å²) in [5.41, 5.74) is 3.08. The molecule has 2 N–H and O–H groups in total. The van der Waals surface area contributed by atoms with Crippen LogP contribution in [0.2, 0.25) is 0 Å². The van der Waals surface area contributed by atoms with Crippen molar-refractivity contribution in [1.29, 1.82) is 0 Å². The second-order valence-electron chi connectivity index (χ2n) is 4.62. The number of carbonyl (C=O) groups excluding carboxylic acids is 1. The predicted molar refractivity (Wildman–Crippen MR) is 83.2 cm³/mol. The zero-order valence-corrected chi connectivity index (χ0v) is 12.2. The molecule has 2 rings (SSSR count). The van der Waals surface area contributed by atoms with Gasteiger partial charge < -0.3 is 15.0 Å². The molecule has 21 heavy (non-hydrogen) atoms. The van der Waals surface area contributed by atoms with Crippen LogP contribution in [0.25, 0.3) is 0 Å². The van der Waals surface area contributed by atoms with Crippen LogP contribution in [0.5, 0.6) is 0 Å². The molecule has 0 aliphatic heterocycles. The molecule has 0 aliphatic carbocycles. The Labute approximate surface area is 124 Å². The minimum absolute atomic E-state index is 0.141. The van der Waals surface area contributed by atoms with Crippen LogP contribution in [0, 0.1) is 18.8 Å². The number of amides is 1. The smallest absolute Gasteiger partial charge is 0.272 e. The Hall–Kier alpha value is -2.51. The lowest BCUT2D eigenvalue weighted by molar-refractivity contribution is 0.101. The average molecular weight is 282 g/mol. The number of anilines is 1. The van der Waals surface area contributed by atoms with Gasteiger partial charge in [-0.3, -0.25) is 4.79 Å². The van der Waals surface area contributed by atoms with Gasteiger partial charge in [0, 0.05) is 24.0 Å². The van der Waals surface area contributed by atoms with Gasteiger partial charge in [0.1, 0.15) is 12.3 Å². The summed E-state index contributed by atoms with van der Waals surface area (Å²) < 4.78 is 1.89. The monoisotopic (exact) mass is 282 g/mol. The van der Waals surface area contributed by atoms with Crippen LogP contribution in [-0.4, -0.2) is 22.2 Å². The molecule has 1 aromatic heterocycles. The average Bonchev–Trinajstić information content (AvgIpc) is 2.96. The highest BCUT2D eigenvalue weighted by molar-refractivity contribution is 6.03. The second-order valence-corrected chi connectivity index (χ2v) is 4.62. The number of nitrogens with one attached hydrogen (secondary N) is 1. The molecular formula is C17H18N2O2. The summed E-state index contributed by atoms with van der Waals surface area (Å²) in [5.74, 6) is 5.29. The lowest BCUT2D eigenvalue weighted by atomic mass is 10.1. The van der Waals surface area contributed by atoms with E-state index in [4.69, 9.17) is 5.11 Å². The number of aromatic nitrogens is 1. The fraction of sp³-hybridized carbons (Fsp3) is 0.235. The molecule has 0 spiro atoms. The minimum atomic E-state index is -0.181. The molecule has 0 aliphatic rings. The maximum Gasteiger partial charge on any atom is 0.272 e. The van der Waals surface area contributed by atoms with Gasteiger partial charge in [-0.25, -0.2) is 0 Å². The number of hydrogen-bond acceptors (Lipinski definition) is 2. The van der Waals surface area contributed by atoms with E-state index >= 15 is 0 Å². The summed E-state index contributed by atoms with van der Waals surface area (Å²) in [6.45, 7) is 4.49. The normalized spacial score (nSPS) is 9.86. The third kappa shape index (κ3) is 3.53. The van der Waals surface area contributed by atoms with Crippen molar-refractivity contribution < 1.29 is 9.90 Å². The number of nitrogens with zero attached hydrogens (tertiary/aromatic N) is 1. The molecule has 0 saturated heterocycles. The first-order chi connectivity index (χ1) is 10.2. The van der Waals surface area contributed by atoms with Crippen LogP contribution in [0.1, 0.15) is 28.5 Å². The first kappa shape index (κ1) is 14.9.